The topological polar surface area (TPSA) is 3.24 Å². The highest BCUT2D eigenvalue weighted by Gasteiger charge is 2.36. The fourth-order valence-electron chi connectivity index (χ4n) is 7.75. The molecule has 238 valence electrons. The number of fused-ring (bicyclic) bond motifs is 4. The average Bonchev–Trinajstić information content (AvgIpc) is 3.40. The van der Waals surface area contributed by atoms with Crippen LogP contribution in [0, 0.1) is 0 Å². The van der Waals surface area contributed by atoms with E-state index in [2.05, 4.69) is 207 Å². The maximum Gasteiger partial charge on any atom is 0.0468 e. The van der Waals surface area contributed by atoms with Gasteiger partial charge in [0.2, 0.25) is 0 Å². The Balaban J connectivity index is 1.16. The second-order valence-corrected chi connectivity index (χ2v) is 13.8. The summed E-state index contributed by atoms with van der Waals surface area (Å²) < 4.78 is 0. The zero-order chi connectivity index (χ0) is 33.7. The van der Waals surface area contributed by atoms with Crippen molar-refractivity contribution < 1.29 is 0 Å². The van der Waals surface area contributed by atoms with E-state index in [0.717, 1.165) is 17.1 Å². The zero-order valence-corrected chi connectivity index (χ0v) is 28.3. The van der Waals surface area contributed by atoms with Gasteiger partial charge in [-0.05, 0) is 121 Å². The molecule has 0 spiro atoms. The molecule has 0 atom stereocenters. The minimum absolute atomic E-state index is 0.111. The third kappa shape index (κ3) is 5.19. The Hall–Kier alpha value is -6.18. The Morgan fingerprint density at radius 3 is 1.30 bits per heavy atom. The standard InChI is InChI=1S/C49H37N/c1-49(2)47-29-28-44(33-46(47)45-31-40-19-18-39(30-41(40)32-48(45)49)36-16-10-5-11-17-36)50(42-24-20-37(21-25-42)34-12-6-3-7-13-34)43-26-22-38(23-27-43)35-14-8-4-9-15-35/h3-33H,1-2H3. The number of hydrogen-bond donors (Lipinski definition) is 0. The average molecular weight is 640 g/mol. The van der Waals surface area contributed by atoms with Crippen molar-refractivity contribution in [3.8, 4) is 44.5 Å². The van der Waals surface area contributed by atoms with Crippen LogP contribution < -0.4 is 4.90 Å². The van der Waals surface area contributed by atoms with Gasteiger partial charge in [0.1, 0.15) is 0 Å². The lowest BCUT2D eigenvalue weighted by atomic mass is 9.81. The van der Waals surface area contributed by atoms with Gasteiger partial charge in [-0.3, -0.25) is 0 Å². The van der Waals surface area contributed by atoms with Gasteiger partial charge < -0.3 is 4.90 Å². The van der Waals surface area contributed by atoms with Crippen LogP contribution in [-0.2, 0) is 5.41 Å². The van der Waals surface area contributed by atoms with E-state index in [1.54, 1.807) is 0 Å². The van der Waals surface area contributed by atoms with Gasteiger partial charge >= 0.3 is 0 Å². The van der Waals surface area contributed by atoms with Crippen molar-refractivity contribution in [2.45, 2.75) is 19.3 Å². The molecule has 50 heavy (non-hydrogen) atoms. The van der Waals surface area contributed by atoms with Crippen molar-refractivity contribution in [2.24, 2.45) is 0 Å². The highest BCUT2D eigenvalue weighted by Crippen LogP contribution is 2.52. The van der Waals surface area contributed by atoms with Crippen LogP contribution in [0.3, 0.4) is 0 Å². The van der Waals surface area contributed by atoms with E-state index < -0.39 is 0 Å². The van der Waals surface area contributed by atoms with Crippen LogP contribution in [-0.4, -0.2) is 0 Å². The first-order valence-electron chi connectivity index (χ1n) is 17.4. The number of anilines is 3. The maximum atomic E-state index is 2.43. The molecule has 0 bridgehead atoms. The molecule has 8 aromatic rings. The second kappa shape index (κ2) is 12.1. The number of benzene rings is 8. The summed E-state index contributed by atoms with van der Waals surface area (Å²) in [6.45, 7) is 4.74. The summed E-state index contributed by atoms with van der Waals surface area (Å²) in [6.07, 6.45) is 0. The third-order valence-corrected chi connectivity index (χ3v) is 10.4. The first kappa shape index (κ1) is 29.9. The van der Waals surface area contributed by atoms with E-state index in [4.69, 9.17) is 0 Å². The molecule has 8 aromatic carbocycles. The summed E-state index contributed by atoms with van der Waals surface area (Å²) in [4.78, 5) is 2.39. The smallest absolute Gasteiger partial charge is 0.0468 e. The molecule has 0 radical (unpaired) electrons. The summed E-state index contributed by atoms with van der Waals surface area (Å²) in [6, 6.07) is 68.5. The van der Waals surface area contributed by atoms with Crippen LogP contribution in [0.4, 0.5) is 17.1 Å². The molecule has 1 heteroatoms. The van der Waals surface area contributed by atoms with Gasteiger partial charge in [0.25, 0.3) is 0 Å². The molecule has 0 fully saturated rings. The summed E-state index contributed by atoms with van der Waals surface area (Å²) in [7, 11) is 0. The van der Waals surface area contributed by atoms with Crippen LogP contribution in [0.1, 0.15) is 25.0 Å². The first-order valence-corrected chi connectivity index (χ1v) is 17.4. The quantitative estimate of drug-likeness (QED) is 0.175. The molecule has 1 aliphatic carbocycles. The minimum Gasteiger partial charge on any atom is -0.310 e. The van der Waals surface area contributed by atoms with Crippen LogP contribution >= 0.6 is 0 Å². The molecular formula is C49H37N. The molecular weight excluding hydrogens is 603 g/mol. The number of rotatable bonds is 6. The van der Waals surface area contributed by atoms with E-state index in [1.807, 2.05) is 0 Å². The van der Waals surface area contributed by atoms with Crippen molar-refractivity contribution in [3.05, 3.63) is 199 Å². The van der Waals surface area contributed by atoms with Crippen molar-refractivity contribution in [3.63, 3.8) is 0 Å². The van der Waals surface area contributed by atoms with Gasteiger partial charge in [-0.2, -0.15) is 0 Å². The molecule has 0 N–H and O–H groups in total. The third-order valence-electron chi connectivity index (χ3n) is 10.4. The lowest BCUT2D eigenvalue weighted by molar-refractivity contribution is 0.661. The van der Waals surface area contributed by atoms with Crippen molar-refractivity contribution >= 4 is 27.8 Å². The van der Waals surface area contributed by atoms with E-state index >= 15 is 0 Å². The van der Waals surface area contributed by atoms with Gasteiger partial charge in [-0.15, -0.1) is 0 Å². The fraction of sp³-hybridized carbons (Fsp3) is 0.0612. The normalized spacial score (nSPS) is 12.8. The molecule has 0 amide bonds. The van der Waals surface area contributed by atoms with Crippen LogP contribution in [0.15, 0.2) is 188 Å². The van der Waals surface area contributed by atoms with E-state index in [0.29, 0.717) is 0 Å². The predicted octanol–water partition coefficient (Wildman–Crippen LogP) is 13.6. The van der Waals surface area contributed by atoms with Crippen molar-refractivity contribution in [1.82, 2.24) is 0 Å². The Kier molecular flexibility index (Phi) is 7.21. The first-order chi connectivity index (χ1) is 24.5. The molecule has 0 unspecified atom stereocenters. The predicted molar refractivity (Wildman–Crippen MR) is 213 cm³/mol. The summed E-state index contributed by atoms with van der Waals surface area (Å²) in [5, 5.41) is 2.55. The Morgan fingerprint density at radius 1 is 0.320 bits per heavy atom. The van der Waals surface area contributed by atoms with Gasteiger partial charge in [-0.25, -0.2) is 0 Å². The van der Waals surface area contributed by atoms with Gasteiger partial charge in [-0.1, -0.05) is 147 Å². The summed E-state index contributed by atoms with van der Waals surface area (Å²) >= 11 is 0. The van der Waals surface area contributed by atoms with Gasteiger partial charge in [0, 0.05) is 22.5 Å². The van der Waals surface area contributed by atoms with Crippen molar-refractivity contribution in [2.75, 3.05) is 4.90 Å². The molecule has 9 rings (SSSR count). The van der Waals surface area contributed by atoms with E-state index in [1.165, 1.54) is 66.4 Å². The summed E-state index contributed by atoms with van der Waals surface area (Å²) in [5.41, 5.74) is 16.0. The molecule has 0 aromatic heterocycles. The lowest BCUT2D eigenvalue weighted by Gasteiger charge is -2.27. The largest absolute Gasteiger partial charge is 0.310 e. The molecule has 0 saturated carbocycles. The van der Waals surface area contributed by atoms with Gasteiger partial charge in [0.05, 0.1) is 0 Å². The fourth-order valence-corrected chi connectivity index (χ4v) is 7.75. The van der Waals surface area contributed by atoms with Crippen LogP contribution in [0.2, 0.25) is 0 Å². The summed E-state index contributed by atoms with van der Waals surface area (Å²) in [5.74, 6) is 0. The highest BCUT2D eigenvalue weighted by atomic mass is 15.1. The maximum absolute atomic E-state index is 2.43. The molecule has 0 aliphatic heterocycles. The van der Waals surface area contributed by atoms with Crippen molar-refractivity contribution in [1.29, 1.82) is 0 Å². The Labute approximate surface area is 294 Å². The molecule has 1 aliphatic rings. The van der Waals surface area contributed by atoms with E-state index in [-0.39, 0.29) is 5.41 Å². The SMILES string of the molecule is CC1(C)c2ccc(N(c3ccc(-c4ccccc4)cc3)c3ccc(-c4ccccc4)cc3)cc2-c2cc3ccc(-c4ccccc4)cc3cc21. The molecule has 0 saturated heterocycles. The van der Waals surface area contributed by atoms with E-state index in [9.17, 15) is 0 Å². The highest BCUT2D eigenvalue weighted by molar-refractivity contribution is 5.96. The molecule has 0 heterocycles. The van der Waals surface area contributed by atoms with Crippen LogP contribution in [0.5, 0.6) is 0 Å². The molecule has 1 nitrogen and oxygen atoms in total. The minimum atomic E-state index is -0.111. The second-order valence-electron chi connectivity index (χ2n) is 13.8. The Morgan fingerprint density at radius 2 is 0.760 bits per heavy atom. The number of nitrogens with zero attached hydrogens (tertiary/aromatic N) is 1. The monoisotopic (exact) mass is 639 g/mol. The lowest BCUT2D eigenvalue weighted by Crippen LogP contribution is -2.15. The number of hydrogen-bond acceptors (Lipinski definition) is 1. The zero-order valence-electron chi connectivity index (χ0n) is 28.3. The van der Waals surface area contributed by atoms with Gasteiger partial charge in [0.15, 0.2) is 0 Å². The Bertz CT molecular complexity index is 2380. The van der Waals surface area contributed by atoms with Crippen LogP contribution in [0.25, 0.3) is 55.3 Å².